The molecule has 0 fully saturated rings. The molecule has 0 aromatic heterocycles. The number of ether oxygens (including phenoxy) is 2. The molecule has 0 aliphatic heterocycles. The standard InChI is InChI=1S/C13H24O4/c1-7-17-13(15)10(8(2)3)11(14)12(16-6)9(4)5/h8-10,12H,7H2,1-6H3. The summed E-state index contributed by atoms with van der Waals surface area (Å²) in [5.74, 6) is -1.41. The number of carbonyl (C=O) groups is 2. The first-order valence-corrected chi connectivity index (χ1v) is 6.09. The SMILES string of the molecule is CCOC(=O)C(C(=O)C(OC)C(C)C)C(C)C. The minimum absolute atomic E-state index is 0.0446. The summed E-state index contributed by atoms with van der Waals surface area (Å²) in [7, 11) is 1.49. The highest BCUT2D eigenvalue weighted by Crippen LogP contribution is 2.20. The lowest BCUT2D eigenvalue weighted by Gasteiger charge is -2.24. The maximum absolute atomic E-state index is 12.2. The second-order valence-electron chi connectivity index (χ2n) is 4.78. The van der Waals surface area contributed by atoms with Gasteiger partial charge in [-0.2, -0.15) is 0 Å². The Bertz CT molecular complexity index is 258. The average Bonchev–Trinajstić information content (AvgIpc) is 2.17. The molecular formula is C13H24O4. The highest BCUT2D eigenvalue weighted by molar-refractivity contribution is 6.01. The van der Waals surface area contributed by atoms with Gasteiger partial charge in [0.05, 0.1) is 6.61 Å². The van der Waals surface area contributed by atoms with Gasteiger partial charge in [0.15, 0.2) is 5.78 Å². The summed E-state index contributed by atoms with van der Waals surface area (Å²) in [4.78, 5) is 24.0. The number of methoxy groups -OCH3 is 1. The van der Waals surface area contributed by atoms with E-state index in [1.807, 2.05) is 27.7 Å². The molecule has 0 N–H and O–H groups in total. The molecule has 2 unspecified atom stereocenters. The van der Waals surface area contributed by atoms with Crippen LogP contribution in [0.4, 0.5) is 0 Å². The number of hydrogen-bond acceptors (Lipinski definition) is 4. The first-order valence-electron chi connectivity index (χ1n) is 6.09. The largest absolute Gasteiger partial charge is 0.465 e. The lowest BCUT2D eigenvalue weighted by atomic mass is 9.85. The van der Waals surface area contributed by atoms with Crippen LogP contribution in [-0.2, 0) is 19.1 Å². The molecule has 0 saturated heterocycles. The molecule has 0 heterocycles. The Kier molecular flexibility index (Phi) is 7.04. The van der Waals surface area contributed by atoms with Crippen LogP contribution in [0.15, 0.2) is 0 Å². The van der Waals surface area contributed by atoms with Crippen LogP contribution < -0.4 is 0 Å². The molecule has 4 heteroatoms. The molecule has 0 spiro atoms. The van der Waals surface area contributed by atoms with Crippen molar-refractivity contribution in [2.75, 3.05) is 13.7 Å². The van der Waals surface area contributed by atoms with Crippen LogP contribution in [0.1, 0.15) is 34.6 Å². The first-order chi connectivity index (χ1) is 7.86. The molecule has 0 radical (unpaired) electrons. The highest BCUT2D eigenvalue weighted by Gasteiger charge is 2.37. The quantitative estimate of drug-likeness (QED) is 0.508. The number of esters is 1. The van der Waals surface area contributed by atoms with E-state index in [9.17, 15) is 9.59 Å². The molecule has 0 saturated carbocycles. The lowest BCUT2D eigenvalue weighted by molar-refractivity contribution is -0.157. The zero-order valence-electron chi connectivity index (χ0n) is 11.6. The second-order valence-corrected chi connectivity index (χ2v) is 4.78. The fourth-order valence-electron chi connectivity index (χ4n) is 1.84. The van der Waals surface area contributed by atoms with Gasteiger partial charge in [-0.1, -0.05) is 27.7 Å². The van der Waals surface area contributed by atoms with Crippen LogP contribution in [0.3, 0.4) is 0 Å². The summed E-state index contributed by atoms with van der Waals surface area (Å²) in [5.41, 5.74) is 0. The number of carbonyl (C=O) groups excluding carboxylic acids is 2. The minimum atomic E-state index is -0.734. The van der Waals surface area contributed by atoms with Crippen LogP contribution in [0, 0.1) is 17.8 Å². The van der Waals surface area contributed by atoms with E-state index in [2.05, 4.69) is 0 Å². The number of rotatable bonds is 7. The van der Waals surface area contributed by atoms with E-state index in [1.165, 1.54) is 7.11 Å². The molecule has 0 amide bonds. The summed E-state index contributed by atoms with van der Waals surface area (Å²) in [6.07, 6.45) is -0.549. The van der Waals surface area contributed by atoms with Crippen molar-refractivity contribution in [1.29, 1.82) is 0 Å². The number of hydrogen-bond donors (Lipinski definition) is 0. The zero-order valence-corrected chi connectivity index (χ0v) is 11.6. The van der Waals surface area contributed by atoms with E-state index in [0.29, 0.717) is 0 Å². The lowest BCUT2D eigenvalue weighted by Crippen LogP contribution is -2.40. The molecule has 0 rings (SSSR count). The Morgan fingerprint density at radius 3 is 1.88 bits per heavy atom. The van der Waals surface area contributed by atoms with Crippen molar-refractivity contribution < 1.29 is 19.1 Å². The molecule has 0 aliphatic rings. The molecule has 2 atom stereocenters. The fourth-order valence-corrected chi connectivity index (χ4v) is 1.84. The van der Waals surface area contributed by atoms with Gasteiger partial charge in [-0.05, 0) is 18.8 Å². The van der Waals surface area contributed by atoms with E-state index >= 15 is 0 Å². The normalized spacial score (nSPS) is 14.8. The van der Waals surface area contributed by atoms with E-state index < -0.39 is 18.0 Å². The molecule has 0 bridgehead atoms. The van der Waals surface area contributed by atoms with Crippen molar-refractivity contribution in [3.63, 3.8) is 0 Å². The van der Waals surface area contributed by atoms with Crippen molar-refractivity contribution in [2.24, 2.45) is 17.8 Å². The Morgan fingerprint density at radius 1 is 1.06 bits per heavy atom. The topological polar surface area (TPSA) is 52.6 Å². The fraction of sp³-hybridized carbons (Fsp3) is 0.846. The van der Waals surface area contributed by atoms with Gasteiger partial charge in [0.2, 0.25) is 0 Å². The summed E-state index contributed by atoms with van der Waals surface area (Å²) in [6.45, 7) is 9.49. The maximum atomic E-state index is 12.2. The minimum Gasteiger partial charge on any atom is -0.465 e. The maximum Gasteiger partial charge on any atom is 0.316 e. The first kappa shape index (κ1) is 16.1. The number of ketones is 1. The Morgan fingerprint density at radius 2 is 1.59 bits per heavy atom. The molecule has 0 aromatic carbocycles. The van der Waals surface area contributed by atoms with Gasteiger partial charge in [0, 0.05) is 7.11 Å². The predicted octanol–water partition coefficient (Wildman–Crippen LogP) is 2.06. The molecule has 100 valence electrons. The van der Waals surface area contributed by atoms with Crippen LogP contribution in [0.5, 0.6) is 0 Å². The van der Waals surface area contributed by atoms with Gasteiger partial charge in [0.25, 0.3) is 0 Å². The van der Waals surface area contributed by atoms with E-state index in [-0.39, 0.29) is 24.2 Å². The van der Waals surface area contributed by atoms with Crippen molar-refractivity contribution in [3.05, 3.63) is 0 Å². The van der Waals surface area contributed by atoms with Gasteiger partial charge in [0.1, 0.15) is 12.0 Å². The average molecular weight is 244 g/mol. The van der Waals surface area contributed by atoms with Gasteiger partial charge in [-0.15, -0.1) is 0 Å². The van der Waals surface area contributed by atoms with Crippen LogP contribution in [0.25, 0.3) is 0 Å². The van der Waals surface area contributed by atoms with Crippen molar-refractivity contribution in [2.45, 2.75) is 40.7 Å². The third-order valence-corrected chi connectivity index (χ3v) is 2.65. The monoisotopic (exact) mass is 244 g/mol. The third-order valence-electron chi connectivity index (χ3n) is 2.65. The van der Waals surface area contributed by atoms with Crippen LogP contribution in [-0.4, -0.2) is 31.6 Å². The summed E-state index contributed by atoms with van der Waals surface area (Å²) < 4.78 is 10.1. The predicted molar refractivity (Wildman–Crippen MR) is 65.6 cm³/mol. The zero-order chi connectivity index (χ0) is 13.6. The van der Waals surface area contributed by atoms with Crippen LogP contribution in [0.2, 0.25) is 0 Å². The summed E-state index contributed by atoms with van der Waals surface area (Å²) in [5, 5.41) is 0. The Balaban J connectivity index is 4.93. The Hall–Kier alpha value is -0.900. The van der Waals surface area contributed by atoms with Gasteiger partial charge < -0.3 is 9.47 Å². The second kappa shape index (κ2) is 7.43. The molecule has 0 aliphatic carbocycles. The van der Waals surface area contributed by atoms with Gasteiger partial charge in [-0.3, -0.25) is 9.59 Å². The smallest absolute Gasteiger partial charge is 0.316 e. The Labute approximate surface area is 104 Å². The molecule has 17 heavy (non-hydrogen) atoms. The van der Waals surface area contributed by atoms with E-state index in [1.54, 1.807) is 6.92 Å². The van der Waals surface area contributed by atoms with Crippen molar-refractivity contribution >= 4 is 11.8 Å². The molecular weight excluding hydrogens is 220 g/mol. The number of Topliss-reactive ketones (excluding diaryl/α,β-unsaturated/α-hetero) is 1. The van der Waals surface area contributed by atoms with Crippen molar-refractivity contribution in [1.82, 2.24) is 0 Å². The van der Waals surface area contributed by atoms with Gasteiger partial charge >= 0.3 is 5.97 Å². The molecule has 0 aromatic rings. The van der Waals surface area contributed by atoms with Crippen molar-refractivity contribution in [3.8, 4) is 0 Å². The van der Waals surface area contributed by atoms with E-state index in [0.717, 1.165) is 0 Å². The van der Waals surface area contributed by atoms with Gasteiger partial charge in [-0.25, -0.2) is 0 Å². The van der Waals surface area contributed by atoms with E-state index in [4.69, 9.17) is 9.47 Å². The van der Waals surface area contributed by atoms with Crippen LogP contribution >= 0.6 is 0 Å². The summed E-state index contributed by atoms with van der Waals surface area (Å²) in [6, 6.07) is 0. The highest BCUT2D eigenvalue weighted by atomic mass is 16.5. The third kappa shape index (κ3) is 4.46. The summed E-state index contributed by atoms with van der Waals surface area (Å²) >= 11 is 0. The molecule has 4 nitrogen and oxygen atoms in total.